The van der Waals surface area contributed by atoms with Gasteiger partial charge in [-0.3, -0.25) is 4.79 Å². The van der Waals surface area contributed by atoms with Gasteiger partial charge in [0.2, 0.25) is 0 Å². The van der Waals surface area contributed by atoms with Gasteiger partial charge in [0.1, 0.15) is 11.3 Å². The summed E-state index contributed by atoms with van der Waals surface area (Å²) in [5.41, 5.74) is 2.67. The van der Waals surface area contributed by atoms with Crippen molar-refractivity contribution in [1.29, 1.82) is 0 Å². The molecule has 0 saturated carbocycles. The van der Waals surface area contributed by atoms with Crippen molar-refractivity contribution in [3.05, 3.63) is 94.9 Å². The van der Waals surface area contributed by atoms with Gasteiger partial charge < -0.3 is 14.5 Å². The summed E-state index contributed by atoms with van der Waals surface area (Å²) in [6.45, 7) is 3.69. The Balaban J connectivity index is 1.61. The molecule has 0 radical (unpaired) electrons. The Bertz CT molecular complexity index is 1270. The minimum absolute atomic E-state index is 0.234. The molecule has 6 heteroatoms. The van der Waals surface area contributed by atoms with E-state index in [4.69, 9.17) is 9.15 Å². The Kier molecular flexibility index (Phi) is 5.01. The van der Waals surface area contributed by atoms with Gasteiger partial charge in [0.05, 0.1) is 16.8 Å². The summed E-state index contributed by atoms with van der Waals surface area (Å²) in [6.07, 6.45) is 0. The van der Waals surface area contributed by atoms with Crippen LogP contribution in [-0.4, -0.2) is 13.0 Å². The maximum atomic E-state index is 12.7. The number of carbonyl (C=O) groups is 1. The minimum atomic E-state index is -0.532. The zero-order valence-electron chi connectivity index (χ0n) is 15.6. The number of methoxy groups -OCH3 is 1. The van der Waals surface area contributed by atoms with Gasteiger partial charge in [-0.25, -0.2) is 4.79 Å². The fourth-order valence-electron chi connectivity index (χ4n) is 2.93. The third kappa shape index (κ3) is 3.83. The SMILES string of the molecule is C=C(OC)c1cc2sc(NC(=O)c3cccc(-c4ccccc4)c3)cc2oc1=O. The molecule has 0 aliphatic rings. The summed E-state index contributed by atoms with van der Waals surface area (Å²) in [5, 5.41) is 3.45. The third-order valence-corrected chi connectivity index (χ3v) is 5.42. The summed E-state index contributed by atoms with van der Waals surface area (Å²) in [4.78, 5) is 24.8. The molecule has 0 aliphatic heterocycles. The van der Waals surface area contributed by atoms with E-state index in [0.29, 0.717) is 20.8 Å². The number of anilines is 1. The largest absolute Gasteiger partial charge is 0.496 e. The summed E-state index contributed by atoms with van der Waals surface area (Å²) < 4.78 is 11.1. The molecule has 0 fully saturated rings. The van der Waals surface area contributed by atoms with E-state index < -0.39 is 5.63 Å². The number of fused-ring (bicyclic) bond motifs is 1. The van der Waals surface area contributed by atoms with Crippen LogP contribution in [0.3, 0.4) is 0 Å². The van der Waals surface area contributed by atoms with E-state index in [2.05, 4.69) is 11.9 Å². The lowest BCUT2D eigenvalue weighted by molar-refractivity contribution is 0.102. The van der Waals surface area contributed by atoms with Crippen molar-refractivity contribution in [2.24, 2.45) is 0 Å². The van der Waals surface area contributed by atoms with Gasteiger partial charge >= 0.3 is 5.63 Å². The van der Waals surface area contributed by atoms with Gasteiger partial charge in [0, 0.05) is 11.6 Å². The molecule has 4 aromatic rings. The first-order chi connectivity index (χ1) is 14.0. The molecule has 0 saturated heterocycles. The van der Waals surface area contributed by atoms with E-state index in [1.807, 2.05) is 48.5 Å². The summed E-state index contributed by atoms with van der Waals surface area (Å²) in [5.74, 6) is -0.00410. The van der Waals surface area contributed by atoms with Crippen molar-refractivity contribution in [3.8, 4) is 11.1 Å². The summed E-state index contributed by atoms with van der Waals surface area (Å²) >= 11 is 1.31. The van der Waals surface area contributed by atoms with Gasteiger partial charge in [-0.15, -0.1) is 11.3 Å². The lowest BCUT2D eigenvalue weighted by Crippen LogP contribution is -2.10. The number of ether oxygens (including phenoxy) is 1. The van der Waals surface area contributed by atoms with E-state index in [-0.39, 0.29) is 17.2 Å². The van der Waals surface area contributed by atoms with Gasteiger partial charge in [-0.1, -0.05) is 49.0 Å². The summed E-state index contributed by atoms with van der Waals surface area (Å²) in [7, 11) is 1.44. The first-order valence-corrected chi connectivity index (χ1v) is 9.64. The number of hydrogen-bond donors (Lipinski definition) is 1. The molecule has 2 heterocycles. The van der Waals surface area contributed by atoms with Crippen LogP contribution in [0.5, 0.6) is 0 Å². The molecule has 144 valence electrons. The smallest absolute Gasteiger partial charge is 0.347 e. The lowest BCUT2D eigenvalue weighted by atomic mass is 10.0. The van der Waals surface area contributed by atoms with E-state index in [1.165, 1.54) is 18.4 Å². The maximum absolute atomic E-state index is 12.7. The van der Waals surface area contributed by atoms with Crippen LogP contribution in [0.25, 0.3) is 27.2 Å². The monoisotopic (exact) mass is 403 g/mol. The van der Waals surface area contributed by atoms with E-state index >= 15 is 0 Å². The standard InChI is InChI=1S/C23H17NO4S/c1-14(27-2)18-12-20-19(28-23(18)26)13-21(29-20)24-22(25)17-10-6-9-16(11-17)15-7-4-3-5-8-15/h3-13H,1H2,2H3,(H,24,25). The number of benzene rings is 2. The molecular formula is C23H17NO4S. The van der Waals surface area contributed by atoms with Crippen LogP contribution in [0, 0.1) is 0 Å². The predicted molar refractivity (Wildman–Crippen MR) is 116 cm³/mol. The van der Waals surface area contributed by atoms with Crippen LogP contribution in [-0.2, 0) is 4.74 Å². The van der Waals surface area contributed by atoms with Crippen LogP contribution >= 0.6 is 11.3 Å². The molecule has 5 nitrogen and oxygen atoms in total. The maximum Gasteiger partial charge on any atom is 0.347 e. The molecule has 29 heavy (non-hydrogen) atoms. The summed E-state index contributed by atoms with van der Waals surface area (Å²) in [6, 6.07) is 20.6. The Morgan fingerprint density at radius 3 is 2.55 bits per heavy atom. The Morgan fingerprint density at radius 2 is 1.79 bits per heavy atom. The van der Waals surface area contributed by atoms with Crippen molar-refractivity contribution >= 4 is 38.3 Å². The predicted octanol–water partition coefficient (Wildman–Crippen LogP) is 5.39. The molecule has 0 atom stereocenters. The highest BCUT2D eigenvalue weighted by Crippen LogP contribution is 2.31. The number of thiophene rings is 1. The molecule has 2 aromatic heterocycles. The third-order valence-electron chi connectivity index (χ3n) is 4.44. The number of rotatable bonds is 5. The van der Waals surface area contributed by atoms with Crippen LogP contribution < -0.4 is 10.9 Å². The zero-order chi connectivity index (χ0) is 20.4. The molecule has 0 aliphatic carbocycles. The lowest BCUT2D eigenvalue weighted by Gasteiger charge is -2.06. The normalized spacial score (nSPS) is 10.7. The molecule has 2 aromatic carbocycles. The molecule has 0 spiro atoms. The average Bonchev–Trinajstić information content (AvgIpc) is 3.14. The van der Waals surface area contributed by atoms with Crippen LogP contribution in [0.15, 0.2) is 82.5 Å². The highest BCUT2D eigenvalue weighted by atomic mass is 32.1. The first kappa shape index (κ1) is 18.7. The van der Waals surface area contributed by atoms with E-state index in [9.17, 15) is 9.59 Å². The quantitative estimate of drug-likeness (QED) is 0.454. The molecule has 0 bridgehead atoms. The highest BCUT2D eigenvalue weighted by molar-refractivity contribution is 7.22. The number of nitrogens with one attached hydrogen (secondary N) is 1. The van der Waals surface area contributed by atoms with Crippen molar-refractivity contribution in [2.45, 2.75) is 0 Å². The van der Waals surface area contributed by atoms with Gasteiger partial charge in [0.25, 0.3) is 5.91 Å². The van der Waals surface area contributed by atoms with Crippen LogP contribution in [0.1, 0.15) is 15.9 Å². The second-order valence-electron chi connectivity index (χ2n) is 6.31. The Labute approximate surface area is 170 Å². The number of hydrogen-bond acceptors (Lipinski definition) is 5. The molecule has 1 amide bonds. The zero-order valence-corrected chi connectivity index (χ0v) is 16.4. The van der Waals surface area contributed by atoms with E-state index in [1.54, 1.807) is 18.2 Å². The second kappa shape index (κ2) is 7.77. The van der Waals surface area contributed by atoms with Crippen molar-refractivity contribution in [3.63, 3.8) is 0 Å². The highest BCUT2D eigenvalue weighted by Gasteiger charge is 2.14. The molecule has 0 unspecified atom stereocenters. The topological polar surface area (TPSA) is 68.5 Å². The first-order valence-electron chi connectivity index (χ1n) is 8.83. The van der Waals surface area contributed by atoms with Gasteiger partial charge in [0.15, 0.2) is 5.58 Å². The fourth-order valence-corrected chi connectivity index (χ4v) is 3.86. The van der Waals surface area contributed by atoms with Crippen LogP contribution in [0.2, 0.25) is 0 Å². The van der Waals surface area contributed by atoms with E-state index in [0.717, 1.165) is 11.1 Å². The fraction of sp³-hybridized carbons (Fsp3) is 0.0435. The molecule has 1 N–H and O–H groups in total. The molecule has 4 rings (SSSR count). The molecular weight excluding hydrogens is 386 g/mol. The minimum Gasteiger partial charge on any atom is -0.496 e. The number of carbonyl (C=O) groups excluding carboxylic acids is 1. The van der Waals surface area contributed by atoms with Crippen molar-refractivity contribution < 1.29 is 13.9 Å². The van der Waals surface area contributed by atoms with Crippen molar-refractivity contribution in [2.75, 3.05) is 12.4 Å². The average molecular weight is 403 g/mol. The Hall–Kier alpha value is -3.64. The number of amides is 1. The van der Waals surface area contributed by atoms with Gasteiger partial charge in [-0.05, 0) is 29.3 Å². The second-order valence-corrected chi connectivity index (χ2v) is 7.40. The Morgan fingerprint density at radius 1 is 1.03 bits per heavy atom. The van der Waals surface area contributed by atoms with Crippen LogP contribution in [0.4, 0.5) is 5.00 Å². The van der Waals surface area contributed by atoms with Gasteiger partial charge in [-0.2, -0.15) is 0 Å². The van der Waals surface area contributed by atoms with Crippen molar-refractivity contribution in [1.82, 2.24) is 0 Å².